The van der Waals surface area contributed by atoms with Gasteiger partial charge in [-0.05, 0) is 19.8 Å². The third kappa shape index (κ3) is 5.22. The quantitative estimate of drug-likeness (QED) is 0.428. The van der Waals surface area contributed by atoms with Crippen LogP contribution in [0.15, 0.2) is 39.9 Å². The van der Waals surface area contributed by atoms with Gasteiger partial charge in [0.05, 0.1) is 6.20 Å². The fraction of sp³-hybridized carbons (Fsp3) is 0.444. The van der Waals surface area contributed by atoms with Crippen molar-refractivity contribution in [3.8, 4) is 11.3 Å². The number of aliphatic imine (C=N–C) groups is 1. The molecule has 0 amide bonds. The first-order chi connectivity index (χ1) is 11.2. The van der Waals surface area contributed by atoms with Crippen LogP contribution < -0.4 is 11.1 Å². The molecule has 2 aromatic rings. The normalized spacial score (nSPS) is 15.8. The summed E-state index contributed by atoms with van der Waals surface area (Å²) in [5.41, 5.74) is 8.20. The van der Waals surface area contributed by atoms with Gasteiger partial charge >= 0.3 is 0 Å². The summed E-state index contributed by atoms with van der Waals surface area (Å²) in [6, 6.07) is 8.63. The maximum absolute atomic E-state index is 5.96. The lowest BCUT2D eigenvalue weighted by Crippen LogP contribution is -2.41. The molecule has 130 valence electrons. The monoisotopic (exact) mass is 440 g/mol. The first-order valence-corrected chi connectivity index (χ1v) is 8.29. The topological polar surface area (TPSA) is 76.4 Å². The van der Waals surface area contributed by atoms with Crippen LogP contribution in [0.2, 0.25) is 0 Å². The van der Waals surface area contributed by atoms with Gasteiger partial charge in [0.15, 0.2) is 11.7 Å². The molecule has 0 radical (unpaired) electrons. The van der Waals surface area contributed by atoms with Crippen LogP contribution in [0.25, 0.3) is 11.3 Å². The number of oxazole rings is 1. The van der Waals surface area contributed by atoms with Crippen molar-refractivity contribution in [2.75, 3.05) is 0 Å². The maximum Gasteiger partial charge on any atom is 0.216 e. The summed E-state index contributed by atoms with van der Waals surface area (Å²) in [4.78, 5) is 8.61. The van der Waals surface area contributed by atoms with Crippen molar-refractivity contribution in [2.45, 2.75) is 51.6 Å². The Kier molecular flexibility index (Phi) is 7.08. The number of nitrogens with one attached hydrogen (secondary N) is 1. The minimum absolute atomic E-state index is 0. The number of hydrogen-bond acceptors (Lipinski definition) is 3. The summed E-state index contributed by atoms with van der Waals surface area (Å²) >= 11 is 0. The summed E-state index contributed by atoms with van der Waals surface area (Å²) in [7, 11) is 0. The Morgan fingerprint density at radius 1 is 1.25 bits per heavy atom. The largest absolute Gasteiger partial charge is 0.439 e. The Labute approximate surface area is 160 Å². The van der Waals surface area contributed by atoms with Crippen molar-refractivity contribution in [1.82, 2.24) is 10.3 Å². The second kappa shape index (κ2) is 9.05. The molecule has 1 aromatic carbocycles. The Hall–Kier alpha value is -1.57. The molecule has 6 heteroatoms. The molecule has 3 N–H and O–H groups in total. The lowest BCUT2D eigenvalue weighted by Gasteiger charge is -2.23. The highest BCUT2D eigenvalue weighted by molar-refractivity contribution is 14.0. The highest BCUT2D eigenvalue weighted by Gasteiger charge is 2.13. The highest BCUT2D eigenvalue weighted by atomic mass is 127. The van der Waals surface area contributed by atoms with E-state index < -0.39 is 0 Å². The van der Waals surface area contributed by atoms with Crippen molar-refractivity contribution < 1.29 is 4.42 Å². The zero-order valence-corrected chi connectivity index (χ0v) is 16.3. The van der Waals surface area contributed by atoms with Crippen LogP contribution in [0.3, 0.4) is 0 Å². The fourth-order valence-corrected chi connectivity index (χ4v) is 2.89. The smallest absolute Gasteiger partial charge is 0.216 e. The molecule has 0 spiro atoms. The number of halogens is 1. The summed E-state index contributed by atoms with van der Waals surface area (Å²) in [5.74, 6) is 1.81. The van der Waals surface area contributed by atoms with E-state index in [0.717, 1.165) is 11.3 Å². The van der Waals surface area contributed by atoms with Crippen LogP contribution in [0.5, 0.6) is 0 Å². The number of aryl methyl sites for hydroxylation is 1. The average molecular weight is 440 g/mol. The summed E-state index contributed by atoms with van der Waals surface area (Å²) in [6.07, 6.45) is 7.95. The Balaban J connectivity index is 0.00000208. The first-order valence-electron chi connectivity index (χ1n) is 8.29. The van der Waals surface area contributed by atoms with Gasteiger partial charge in [-0.15, -0.1) is 24.0 Å². The standard InChI is InChI=1S/C18H24N4O.HI/c1-13-7-9-14(10-8-13)16-11-20-17(23-16)12-21-18(19)22-15-5-3-2-4-6-15;/h7-11,15H,2-6,12H2,1H3,(H3,19,21,22);1H. The molecule has 1 heterocycles. The van der Waals surface area contributed by atoms with Gasteiger partial charge < -0.3 is 15.5 Å². The average Bonchev–Trinajstić information content (AvgIpc) is 3.04. The van der Waals surface area contributed by atoms with E-state index in [1.54, 1.807) is 6.20 Å². The number of nitrogens with two attached hydrogens (primary N) is 1. The van der Waals surface area contributed by atoms with Crippen LogP contribution in [-0.4, -0.2) is 17.0 Å². The van der Waals surface area contributed by atoms with Gasteiger partial charge in [0.25, 0.3) is 0 Å². The number of rotatable bonds is 4. The predicted octanol–water partition coefficient (Wildman–Crippen LogP) is 4.01. The van der Waals surface area contributed by atoms with Gasteiger partial charge in [-0.3, -0.25) is 0 Å². The first kappa shape index (κ1) is 18.8. The molecule has 1 fully saturated rings. The van der Waals surface area contributed by atoms with E-state index >= 15 is 0 Å². The van der Waals surface area contributed by atoms with E-state index in [1.165, 1.54) is 37.7 Å². The van der Waals surface area contributed by atoms with Gasteiger partial charge in [0.1, 0.15) is 6.54 Å². The molecule has 0 saturated heterocycles. The van der Waals surface area contributed by atoms with Gasteiger partial charge in [-0.2, -0.15) is 0 Å². The van der Waals surface area contributed by atoms with Gasteiger partial charge in [0.2, 0.25) is 5.89 Å². The number of aromatic nitrogens is 1. The Bertz CT molecular complexity index is 660. The predicted molar refractivity (Wildman–Crippen MR) is 107 cm³/mol. The molecular formula is C18H25IN4O. The molecule has 24 heavy (non-hydrogen) atoms. The van der Waals surface area contributed by atoms with Gasteiger partial charge in [-0.25, -0.2) is 9.98 Å². The molecule has 1 aliphatic carbocycles. The van der Waals surface area contributed by atoms with Crippen molar-refractivity contribution >= 4 is 29.9 Å². The van der Waals surface area contributed by atoms with E-state index in [2.05, 4.69) is 34.3 Å². The van der Waals surface area contributed by atoms with Crippen LogP contribution in [0.4, 0.5) is 0 Å². The SMILES string of the molecule is Cc1ccc(-c2cnc(CN=C(N)NC3CCCCC3)o2)cc1.I. The highest BCUT2D eigenvalue weighted by Crippen LogP contribution is 2.21. The summed E-state index contributed by atoms with van der Waals surface area (Å²) < 4.78 is 5.75. The van der Waals surface area contributed by atoms with Crippen LogP contribution in [0, 0.1) is 6.92 Å². The third-order valence-electron chi connectivity index (χ3n) is 4.23. The van der Waals surface area contributed by atoms with Crippen molar-refractivity contribution in [3.05, 3.63) is 41.9 Å². The van der Waals surface area contributed by atoms with Crippen molar-refractivity contribution in [2.24, 2.45) is 10.7 Å². The van der Waals surface area contributed by atoms with E-state index in [9.17, 15) is 0 Å². The minimum Gasteiger partial charge on any atom is -0.439 e. The molecule has 1 aromatic heterocycles. The van der Waals surface area contributed by atoms with E-state index in [0.29, 0.717) is 24.4 Å². The van der Waals surface area contributed by atoms with Gasteiger partial charge in [-0.1, -0.05) is 49.1 Å². The molecule has 0 bridgehead atoms. The van der Waals surface area contributed by atoms with Gasteiger partial charge in [0, 0.05) is 11.6 Å². The minimum atomic E-state index is 0. The molecule has 5 nitrogen and oxygen atoms in total. The lowest BCUT2D eigenvalue weighted by molar-refractivity contribution is 0.412. The summed E-state index contributed by atoms with van der Waals surface area (Å²) in [5, 5.41) is 3.29. The number of hydrogen-bond donors (Lipinski definition) is 2. The second-order valence-corrected chi connectivity index (χ2v) is 6.17. The molecule has 3 rings (SSSR count). The number of nitrogens with zero attached hydrogens (tertiary/aromatic N) is 2. The Morgan fingerprint density at radius 3 is 2.67 bits per heavy atom. The lowest BCUT2D eigenvalue weighted by atomic mass is 9.96. The number of guanidine groups is 1. The molecule has 0 atom stereocenters. The zero-order valence-electron chi connectivity index (χ0n) is 14.0. The van der Waals surface area contributed by atoms with Crippen LogP contribution in [-0.2, 0) is 6.54 Å². The molecule has 0 unspecified atom stereocenters. The molecule has 1 saturated carbocycles. The Morgan fingerprint density at radius 2 is 1.96 bits per heavy atom. The van der Waals surface area contributed by atoms with E-state index in [-0.39, 0.29) is 24.0 Å². The number of benzene rings is 1. The van der Waals surface area contributed by atoms with E-state index in [1.807, 2.05) is 12.1 Å². The van der Waals surface area contributed by atoms with Crippen LogP contribution in [0.1, 0.15) is 43.6 Å². The van der Waals surface area contributed by atoms with E-state index in [4.69, 9.17) is 10.2 Å². The summed E-state index contributed by atoms with van der Waals surface area (Å²) in [6.45, 7) is 2.42. The maximum atomic E-state index is 5.96. The van der Waals surface area contributed by atoms with Crippen LogP contribution >= 0.6 is 24.0 Å². The van der Waals surface area contributed by atoms with Crippen molar-refractivity contribution in [1.29, 1.82) is 0 Å². The molecular weight excluding hydrogens is 415 g/mol. The second-order valence-electron chi connectivity index (χ2n) is 6.17. The fourth-order valence-electron chi connectivity index (χ4n) is 2.89. The molecule has 0 aliphatic heterocycles. The zero-order chi connectivity index (χ0) is 16.1. The molecule has 1 aliphatic rings. The third-order valence-corrected chi connectivity index (χ3v) is 4.23. The van der Waals surface area contributed by atoms with Crippen molar-refractivity contribution in [3.63, 3.8) is 0 Å².